The van der Waals surface area contributed by atoms with Crippen molar-refractivity contribution in [2.45, 2.75) is 20.0 Å². The fraction of sp³-hybridized carbons (Fsp3) is 0.333. The second kappa shape index (κ2) is 6.62. The number of imidazole rings is 1. The van der Waals surface area contributed by atoms with Crippen molar-refractivity contribution < 1.29 is 4.79 Å². The van der Waals surface area contributed by atoms with Gasteiger partial charge in [-0.2, -0.15) is 4.98 Å². The standard InChI is InChI=1S/C18H19BrN6O3/c1-10-7-23(12-5-3-11(19)4-6-12)17-21-15-14(24(17)8-10)16(27)25(9-13(20)26)18(28)22(15)2/h3-6,10H,7-9H2,1-2H3,(H2,20,26)/t10-/m0/s1. The summed E-state index contributed by atoms with van der Waals surface area (Å²) in [4.78, 5) is 43.6. The first-order valence-electron chi connectivity index (χ1n) is 8.79. The Bertz CT molecular complexity index is 1210. The molecule has 2 N–H and O–H groups in total. The molecule has 0 fully saturated rings. The average molecular weight is 447 g/mol. The third-order valence-corrected chi connectivity index (χ3v) is 5.42. The molecule has 3 aromatic rings. The first-order valence-corrected chi connectivity index (χ1v) is 9.58. The normalized spacial score (nSPS) is 16.4. The Kier molecular flexibility index (Phi) is 4.37. The summed E-state index contributed by atoms with van der Waals surface area (Å²) in [7, 11) is 1.54. The summed E-state index contributed by atoms with van der Waals surface area (Å²) in [6.07, 6.45) is 0. The SMILES string of the molecule is C[C@H]1CN(c2ccc(Br)cc2)c2nc3c(c(=O)n(CC(N)=O)c(=O)n3C)n2C1. The van der Waals surface area contributed by atoms with Gasteiger partial charge >= 0.3 is 5.69 Å². The van der Waals surface area contributed by atoms with Gasteiger partial charge in [0.05, 0.1) is 0 Å². The van der Waals surface area contributed by atoms with Crippen LogP contribution in [0.15, 0.2) is 38.3 Å². The number of rotatable bonds is 3. The van der Waals surface area contributed by atoms with Gasteiger partial charge in [-0.3, -0.25) is 14.2 Å². The zero-order valence-electron chi connectivity index (χ0n) is 15.4. The molecule has 1 aliphatic heterocycles. The van der Waals surface area contributed by atoms with Crippen LogP contribution in [-0.2, 0) is 24.9 Å². The van der Waals surface area contributed by atoms with Crippen LogP contribution in [0.5, 0.6) is 0 Å². The van der Waals surface area contributed by atoms with Crippen LogP contribution in [-0.4, -0.2) is 31.1 Å². The monoisotopic (exact) mass is 446 g/mol. The Morgan fingerprint density at radius 2 is 1.93 bits per heavy atom. The van der Waals surface area contributed by atoms with Crippen molar-refractivity contribution in [2.24, 2.45) is 18.7 Å². The van der Waals surface area contributed by atoms with Gasteiger partial charge in [-0.25, -0.2) is 9.36 Å². The molecule has 0 saturated heterocycles. The van der Waals surface area contributed by atoms with Crippen LogP contribution < -0.4 is 21.9 Å². The van der Waals surface area contributed by atoms with Crippen molar-refractivity contribution in [1.82, 2.24) is 18.7 Å². The molecule has 10 heteroatoms. The number of carbonyl (C=O) groups excluding carboxylic acids is 1. The predicted octanol–water partition coefficient (Wildman–Crippen LogP) is 0.932. The van der Waals surface area contributed by atoms with Gasteiger partial charge in [0.2, 0.25) is 11.9 Å². The molecule has 0 aliphatic carbocycles. The number of hydrogen-bond donors (Lipinski definition) is 1. The van der Waals surface area contributed by atoms with Crippen molar-refractivity contribution in [3.63, 3.8) is 0 Å². The van der Waals surface area contributed by atoms with E-state index >= 15 is 0 Å². The molecule has 0 unspecified atom stereocenters. The first-order chi connectivity index (χ1) is 13.3. The van der Waals surface area contributed by atoms with Gasteiger partial charge in [-0.1, -0.05) is 22.9 Å². The third-order valence-electron chi connectivity index (χ3n) is 4.89. The van der Waals surface area contributed by atoms with Gasteiger partial charge in [0.15, 0.2) is 11.2 Å². The lowest BCUT2D eigenvalue weighted by atomic mass is 10.1. The largest absolute Gasteiger partial charge is 0.368 e. The van der Waals surface area contributed by atoms with E-state index in [4.69, 9.17) is 5.73 Å². The van der Waals surface area contributed by atoms with E-state index in [1.165, 1.54) is 11.6 Å². The summed E-state index contributed by atoms with van der Waals surface area (Å²) in [5.41, 5.74) is 5.58. The number of nitrogens with two attached hydrogens (primary N) is 1. The van der Waals surface area contributed by atoms with Gasteiger partial charge < -0.3 is 15.2 Å². The Morgan fingerprint density at radius 1 is 1.25 bits per heavy atom. The van der Waals surface area contributed by atoms with Gasteiger partial charge in [0.25, 0.3) is 5.56 Å². The van der Waals surface area contributed by atoms with Crippen molar-refractivity contribution in [2.75, 3.05) is 11.4 Å². The van der Waals surface area contributed by atoms with E-state index in [1.54, 1.807) is 0 Å². The first kappa shape index (κ1) is 18.5. The van der Waals surface area contributed by atoms with Crippen molar-refractivity contribution in [3.05, 3.63) is 49.6 Å². The van der Waals surface area contributed by atoms with Crippen LogP contribution >= 0.6 is 15.9 Å². The highest BCUT2D eigenvalue weighted by atomic mass is 79.9. The van der Waals surface area contributed by atoms with E-state index < -0.39 is 23.7 Å². The topological polar surface area (TPSA) is 108 Å². The lowest BCUT2D eigenvalue weighted by Gasteiger charge is -2.33. The van der Waals surface area contributed by atoms with Crippen LogP contribution in [0.2, 0.25) is 0 Å². The summed E-state index contributed by atoms with van der Waals surface area (Å²) in [5, 5.41) is 0. The third kappa shape index (κ3) is 2.84. The Morgan fingerprint density at radius 3 is 2.57 bits per heavy atom. The van der Waals surface area contributed by atoms with Crippen molar-refractivity contribution in [1.29, 1.82) is 0 Å². The maximum atomic E-state index is 13.0. The molecule has 1 aliphatic rings. The molecule has 3 heterocycles. The van der Waals surface area contributed by atoms with Crippen LogP contribution in [0.1, 0.15) is 6.92 Å². The second-order valence-corrected chi connectivity index (χ2v) is 8.00. The number of nitrogens with zero attached hydrogens (tertiary/aromatic N) is 5. The molecule has 28 heavy (non-hydrogen) atoms. The molecular formula is C18H19BrN6O3. The molecular weight excluding hydrogens is 428 g/mol. The van der Waals surface area contributed by atoms with Gasteiger partial charge in [0.1, 0.15) is 6.54 Å². The zero-order valence-corrected chi connectivity index (χ0v) is 17.0. The molecule has 0 radical (unpaired) electrons. The molecule has 0 spiro atoms. The highest BCUT2D eigenvalue weighted by Gasteiger charge is 2.29. The maximum Gasteiger partial charge on any atom is 0.332 e. The molecule has 1 atom stereocenters. The molecule has 1 amide bonds. The molecule has 0 bridgehead atoms. The zero-order chi connectivity index (χ0) is 20.2. The number of aromatic nitrogens is 4. The van der Waals surface area contributed by atoms with Crippen molar-refractivity contribution in [3.8, 4) is 0 Å². The Labute approximate surface area is 168 Å². The average Bonchev–Trinajstić information content (AvgIpc) is 3.03. The number of amides is 1. The van der Waals surface area contributed by atoms with Crippen LogP contribution in [0.3, 0.4) is 0 Å². The molecule has 1 aromatic carbocycles. The number of anilines is 2. The number of benzene rings is 1. The highest BCUT2D eigenvalue weighted by Crippen LogP contribution is 2.33. The maximum absolute atomic E-state index is 13.0. The molecule has 4 rings (SSSR count). The number of primary amides is 1. The minimum atomic E-state index is -0.748. The predicted molar refractivity (Wildman–Crippen MR) is 109 cm³/mol. The van der Waals surface area contributed by atoms with E-state index in [0.29, 0.717) is 23.7 Å². The second-order valence-electron chi connectivity index (χ2n) is 7.09. The number of aryl methyl sites for hydroxylation is 1. The highest BCUT2D eigenvalue weighted by molar-refractivity contribution is 9.10. The van der Waals surface area contributed by atoms with E-state index in [0.717, 1.165) is 21.3 Å². The van der Waals surface area contributed by atoms with Crippen LogP contribution in [0, 0.1) is 5.92 Å². The summed E-state index contributed by atoms with van der Waals surface area (Å²) in [5.74, 6) is 0.0934. The molecule has 0 saturated carbocycles. The van der Waals surface area contributed by atoms with Crippen LogP contribution in [0.25, 0.3) is 11.2 Å². The van der Waals surface area contributed by atoms with E-state index in [1.807, 2.05) is 33.7 Å². The van der Waals surface area contributed by atoms with E-state index in [2.05, 4.69) is 27.8 Å². The summed E-state index contributed by atoms with van der Waals surface area (Å²) < 4.78 is 4.94. The van der Waals surface area contributed by atoms with Gasteiger partial charge in [-0.05, 0) is 30.2 Å². The van der Waals surface area contributed by atoms with E-state index in [-0.39, 0.29) is 5.92 Å². The van der Waals surface area contributed by atoms with Crippen LogP contribution in [0.4, 0.5) is 11.6 Å². The number of fused-ring (bicyclic) bond motifs is 3. The van der Waals surface area contributed by atoms with E-state index in [9.17, 15) is 14.4 Å². The molecule has 146 valence electrons. The quantitative estimate of drug-likeness (QED) is 0.643. The number of halogens is 1. The Balaban J connectivity index is 2.00. The smallest absolute Gasteiger partial charge is 0.332 e. The van der Waals surface area contributed by atoms with Gasteiger partial charge in [0, 0.05) is 30.3 Å². The summed E-state index contributed by atoms with van der Waals surface area (Å²) >= 11 is 3.44. The fourth-order valence-electron chi connectivity index (χ4n) is 3.64. The van der Waals surface area contributed by atoms with Crippen molar-refractivity contribution >= 4 is 44.6 Å². The van der Waals surface area contributed by atoms with Gasteiger partial charge in [-0.15, -0.1) is 0 Å². The Hall–Kier alpha value is -2.88. The minimum absolute atomic E-state index is 0.245. The fourth-order valence-corrected chi connectivity index (χ4v) is 3.90. The summed E-state index contributed by atoms with van der Waals surface area (Å²) in [6, 6.07) is 7.82. The minimum Gasteiger partial charge on any atom is -0.368 e. The lowest BCUT2D eigenvalue weighted by molar-refractivity contribution is -0.118. The molecule has 2 aromatic heterocycles. The molecule has 9 nitrogen and oxygen atoms in total. The summed E-state index contributed by atoms with van der Waals surface area (Å²) in [6.45, 7) is 2.94. The lowest BCUT2D eigenvalue weighted by Crippen LogP contribution is -2.43. The number of hydrogen-bond acceptors (Lipinski definition) is 5. The number of carbonyl (C=O) groups is 1.